The summed E-state index contributed by atoms with van der Waals surface area (Å²) in [5.41, 5.74) is 1.08. The minimum Gasteiger partial charge on any atom is -0.306 e. The molecule has 0 bridgehead atoms. The van der Waals surface area contributed by atoms with Crippen molar-refractivity contribution < 1.29 is 13.2 Å². The van der Waals surface area contributed by atoms with Crippen molar-refractivity contribution in [2.24, 2.45) is 0 Å². The van der Waals surface area contributed by atoms with Crippen LogP contribution in [-0.4, -0.2) is 25.4 Å². The second kappa shape index (κ2) is 6.89. The number of hydrogen-bond donors (Lipinski definition) is 2. The van der Waals surface area contributed by atoms with Crippen LogP contribution in [0.2, 0.25) is 0 Å². The van der Waals surface area contributed by atoms with E-state index in [0.29, 0.717) is 5.82 Å². The van der Waals surface area contributed by atoms with Gasteiger partial charge >= 0.3 is 0 Å². The van der Waals surface area contributed by atoms with Crippen LogP contribution >= 0.6 is 0 Å². The van der Waals surface area contributed by atoms with E-state index in [-0.39, 0.29) is 16.5 Å². The van der Waals surface area contributed by atoms with Gasteiger partial charge in [0.1, 0.15) is 5.82 Å². The number of pyridine rings is 1. The maximum Gasteiger partial charge on any atom is 0.256 e. The van der Waals surface area contributed by atoms with Gasteiger partial charge in [-0.1, -0.05) is 12.1 Å². The number of carbonyl (C=O) groups excluding carboxylic acids is 1. The first-order chi connectivity index (χ1) is 10.8. The Kier molecular flexibility index (Phi) is 5.12. The molecular formula is C16H19N3O3S. The highest BCUT2D eigenvalue weighted by molar-refractivity contribution is 7.89. The third kappa shape index (κ3) is 4.37. The Bertz CT molecular complexity index is 817. The molecule has 6 nitrogen and oxygen atoms in total. The van der Waals surface area contributed by atoms with Gasteiger partial charge in [0.2, 0.25) is 10.0 Å². The van der Waals surface area contributed by atoms with E-state index >= 15 is 0 Å². The maximum absolute atomic E-state index is 12.3. The summed E-state index contributed by atoms with van der Waals surface area (Å²) >= 11 is 0. The SMILES string of the molecule is Cc1cccnc1NC(=O)c1cccc(S(=O)(=O)NC(C)C)c1. The molecule has 0 spiro atoms. The molecule has 0 aliphatic rings. The van der Waals surface area contributed by atoms with Crippen LogP contribution in [0.15, 0.2) is 47.5 Å². The van der Waals surface area contributed by atoms with E-state index in [1.165, 1.54) is 18.2 Å². The van der Waals surface area contributed by atoms with Gasteiger partial charge in [-0.2, -0.15) is 0 Å². The van der Waals surface area contributed by atoms with E-state index in [2.05, 4.69) is 15.0 Å². The molecule has 2 N–H and O–H groups in total. The fourth-order valence-corrected chi connectivity index (χ4v) is 3.28. The number of amides is 1. The largest absolute Gasteiger partial charge is 0.306 e. The molecule has 1 aromatic carbocycles. The van der Waals surface area contributed by atoms with Crippen molar-refractivity contribution >= 4 is 21.7 Å². The number of carbonyl (C=O) groups is 1. The molecule has 2 rings (SSSR count). The lowest BCUT2D eigenvalue weighted by Gasteiger charge is -2.11. The van der Waals surface area contributed by atoms with Crippen molar-refractivity contribution in [2.45, 2.75) is 31.7 Å². The van der Waals surface area contributed by atoms with Crippen LogP contribution in [0.4, 0.5) is 5.82 Å². The Labute approximate surface area is 136 Å². The molecule has 2 aromatic rings. The Morgan fingerprint density at radius 1 is 1.17 bits per heavy atom. The number of aromatic nitrogens is 1. The van der Waals surface area contributed by atoms with Crippen molar-refractivity contribution in [3.05, 3.63) is 53.7 Å². The lowest BCUT2D eigenvalue weighted by Crippen LogP contribution is -2.30. The zero-order valence-corrected chi connectivity index (χ0v) is 14.0. The third-order valence-electron chi connectivity index (χ3n) is 3.04. The van der Waals surface area contributed by atoms with Crippen LogP contribution in [0.3, 0.4) is 0 Å². The van der Waals surface area contributed by atoms with Crippen LogP contribution in [0.1, 0.15) is 29.8 Å². The van der Waals surface area contributed by atoms with Crippen molar-refractivity contribution in [3.63, 3.8) is 0 Å². The third-order valence-corrected chi connectivity index (χ3v) is 4.70. The molecule has 0 atom stereocenters. The molecule has 0 radical (unpaired) electrons. The Hall–Kier alpha value is -2.25. The molecule has 1 aromatic heterocycles. The summed E-state index contributed by atoms with van der Waals surface area (Å²) in [6.45, 7) is 5.30. The van der Waals surface area contributed by atoms with Crippen molar-refractivity contribution in [2.75, 3.05) is 5.32 Å². The van der Waals surface area contributed by atoms with E-state index in [0.717, 1.165) is 5.56 Å². The Balaban J connectivity index is 2.26. The average molecular weight is 333 g/mol. The molecule has 122 valence electrons. The fourth-order valence-electron chi connectivity index (χ4n) is 1.98. The molecule has 0 aliphatic carbocycles. The first kappa shape index (κ1) is 17.1. The van der Waals surface area contributed by atoms with Gasteiger partial charge < -0.3 is 5.32 Å². The molecule has 0 fully saturated rings. The van der Waals surface area contributed by atoms with Gasteiger partial charge in [-0.3, -0.25) is 4.79 Å². The molecule has 0 saturated heterocycles. The summed E-state index contributed by atoms with van der Waals surface area (Å²) in [4.78, 5) is 16.4. The topological polar surface area (TPSA) is 88.2 Å². The number of nitrogens with one attached hydrogen (secondary N) is 2. The zero-order valence-electron chi connectivity index (χ0n) is 13.2. The number of anilines is 1. The van der Waals surface area contributed by atoms with Crippen molar-refractivity contribution in [1.82, 2.24) is 9.71 Å². The first-order valence-electron chi connectivity index (χ1n) is 7.15. The van der Waals surface area contributed by atoms with Gasteiger partial charge in [-0.25, -0.2) is 18.1 Å². The quantitative estimate of drug-likeness (QED) is 0.879. The Morgan fingerprint density at radius 3 is 2.57 bits per heavy atom. The predicted molar refractivity (Wildman–Crippen MR) is 88.8 cm³/mol. The number of benzene rings is 1. The maximum atomic E-state index is 12.3. The van der Waals surface area contributed by atoms with Crippen molar-refractivity contribution in [3.8, 4) is 0 Å². The van der Waals surface area contributed by atoms with Gasteiger partial charge in [0.25, 0.3) is 5.91 Å². The van der Waals surface area contributed by atoms with E-state index in [4.69, 9.17) is 0 Å². The molecule has 1 heterocycles. The molecule has 7 heteroatoms. The van der Waals surface area contributed by atoms with Crippen LogP contribution in [0, 0.1) is 6.92 Å². The second-order valence-corrected chi connectivity index (χ2v) is 7.14. The zero-order chi connectivity index (χ0) is 17.0. The fraction of sp³-hybridized carbons (Fsp3) is 0.250. The van der Waals surface area contributed by atoms with Crippen LogP contribution in [-0.2, 0) is 10.0 Å². The second-order valence-electron chi connectivity index (χ2n) is 5.43. The van der Waals surface area contributed by atoms with Gasteiger partial charge in [-0.15, -0.1) is 0 Å². The minimum atomic E-state index is -3.64. The lowest BCUT2D eigenvalue weighted by molar-refractivity contribution is 0.102. The smallest absolute Gasteiger partial charge is 0.256 e. The molecule has 1 amide bonds. The lowest BCUT2D eigenvalue weighted by atomic mass is 10.2. The van der Waals surface area contributed by atoms with E-state index in [1.54, 1.807) is 32.2 Å². The molecule has 0 aliphatic heterocycles. The van der Waals surface area contributed by atoms with E-state index in [9.17, 15) is 13.2 Å². The summed E-state index contributed by atoms with van der Waals surface area (Å²) in [5.74, 6) is 0.0412. The predicted octanol–water partition coefficient (Wildman–Crippen LogP) is 2.33. The van der Waals surface area contributed by atoms with Crippen LogP contribution < -0.4 is 10.0 Å². The number of sulfonamides is 1. The summed E-state index contributed by atoms with van der Waals surface area (Å²) < 4.78 is 26.8. The highest BCUT2D eigenvalue weighted by Gasteiger charge is 2.17. The molecule has 23 heavy (non-hydrogen) atoms. The number of rotatable bonds is 5. The van der Waals surface area contributed by atoms with Gasteiger partial charge in [0.15, 0.2) is 0 Å². The van der Waals surface area contributed by atoms with Crippen LogP contribution in [0.5, 0.6) is 0 Å². The summed E-state index contributed by atoms with van der Waals surface area (Å²) in [6.07, 6.45) is 1.58. The van der Waals surface area contributed by atoms with Gasteiger partial charge in [-0.05, 0) is 50.6 Å². The van der Waals surface area contributed by atoms with Gasteiger partial charge in [0.05, 0.1) is 4.90 Å². The standard InChI is InChI=1S/C16H19N3O3S/c1-11(2)19-23(21,22)14-8-4-7-13(10-14)16(20)18-15-12(3)6-5-9-17-15/h4-11,19H,1-3H3,(H,17,18,20). The molecule has 0 unspecified atom stereocenters. The normalized spacial score (nSPS) is 11.5. The van der Waals surface area contributed by atoms with Crippen LogP contribution in [0.25, 0.3) is 0 Å². The molecule has 0 saturated carbocycles. The summed E-state index contributed by atoms with van der Waals surface area (Å²) in [7, 11) is -3.64. The highest BCUT2D eigenvalue weighted by Crippen LogP contribution is 2.15. The first-order valence-corrected chi connectivity index (χ1v) is 8.63. The monoisotopic (exact) mass is 333 g/mol. The Morgan fingerprint density at radius 2 is 1.91 bits per heavy atom. The number of hydrogen-bond acceptors (Lipinski definition) is 4. The number of aryl methyl sites for hydroxylation is 1. The van der Waals surface area contributed by atoms with Gasteiger partial charge in [0, 0.05) is 17.8 Å². The summed E-state index contributed by atoms with van der Waals surface area (Å²) in [6, 6.07) is 9.27. The molecular weight excluding hydrogens is 314 g/mol. The highest BCUT2D eigenvalue weighted by atomic mass is 32.2. The van der Waals surface area contributed by atoms with E-state index < -0.39 is 15.9 Å². The van der Waals surface area contributed by atoms with E-state index in [1.807, 2.05) is 13.0 Å². The minimum absolute atomic E-state index is 0.0524. The average Bonchev–Trinajstić information content (AvgIpc) is 2.48. The van der Waals surface area contributed by atoms with Crippen molar-refractivity contribution in [1.29, 1.82) is 0 Å². The summed E-state index contributed by atoms with van der Waals surface area (Å²) in [5, 5.41) is 2.68. The number of nitrogens with zero attached hydrogens (tertiary/aromatic N) is 1.